The molecule has 0 unspecified atom stereocenters. The van der Waals surface area contributed by atoms with Crippen LogP contribution in [-0.4, -0.2) is 41.9 Å². The summed E-state index contributed by atoms with van der Waals surface area (Å²) in [6.07, 6.45) is 1.44. The third kappa shape index (κ3) is 5.61. The lowest BCUT2D eigenvalue weighted by Gasteiger charge is -2.38. The van der Waals surface area contributed by atoms with E-state index in [2.05, 4.69) is 15.9 Å². The van der Waals surface area contributed by atoms with Gasteiger partial charge in [0.05, 0.1) is 27.6 Å². The summed E-state index contributed by atoms with van der Waals surface area (Å²) in [6.45, 7) is 5.75. The first-order valence-corrected chi connectivity index (χ1v) is 13.1. The van der Waals surface area contributed by atoms with Crippen molar-refractivity contribution >= 4 is 11.6 Å². The summed E-state index contributed by atoms with van der Waals surface area (Å²) in [7, 11) is 3.28. The van der Waals surface area contributed by atoms with Gasteiger partial charge in [-0.2, -0.15) is 0 Å². The Bertz CT molecular complexity index is 1490. The van der Waals surface area contributed by atoms with Gasteiger partial charge in [-0.25, -0.2) is 4.98 Å². The number of aryl methyl sites for hydroxylation is 1. The fourth-order valence-corrected chi connectivity index (χ4v) is 4.92. The second-order valence-electron chi connectivity index (χ2n) is 9.52. The Hall–Kier alpha value is -4.30. The van der Waals surface area contributed by atoms with Crippen LogP contribution in [0.3, 0.4) is 0 Å². The van der Waals surface area contributed by atoms with Crippen LogP contribution >= 0.6 is 0 Å². The monoisotopic (exact) mass is 526 g/mol. The number of nitrogens with zero attached hydrogens (tertiary/aromatic N) is 4. The molecule has 5 rings (SSSR count). The first-order chi connectivity index (χ1) is 19.0. The average Bonchev–Trinajstić information content (AvgIpc) is 2.97. The number of fused-ring (bicyclic) bond motifs is 1. The van der Waals surface area contributed by atoms with Gasteiger partial charge >= 0.3 is 0 Å². The van der Waals surface area contributed by atoms with Crippen LogP contribution in [0.25, 0.3) is 0 Å². The molecule has 1 aliphatic rings. The minimum atomic E-state index is 0.0184. The van der Waals surface area contributed by atoms with E-state index < -0.39 is 0 Å². The van der Waals surface area contributed by atoms with Crippen molar-refractivity contribution in [1.29, 1.82) is 0 Å². The van der Waals surface area contributed by atoms with Gasteiger partial charge in [0.1, 0.15) is 11.5 Å². The van der Waals surface area contributed by atoms with Gasteiger partial charge in [0.2, 0.25) is 5.95 Å². The predicted molar refractivity (Wildman–Crippen MR) is 153 cm³/mol. The standard InChI is InChI=1S/C31H34N4O4/c1-5-27-22(2)32-31-34(24-12-14-26(15-13-24)39-25-9-7-6-8-10-25)20-33(21-35(31)30(27)36)18-17-23-11-16-28(37-3)29(19-23)38-4/h6-16,19H,5,17-18,20-21H2,1-4H3. The molecule has 0 bridgehead atoms. The number of methoxy groups -OCH3 is 2. The van der Waals surface area contributed by atoms with Gasteiger partial charge in [0, 0.05) is 23.5 Å². The van der Waals surface area contributed by atoms with E-state index >= 15 is 0 Å². The van der Waals surface area contributed by atoms with Crippen LogP contribution in [0.15, 0.2) is 77.6 Å². The summed E-state index contributed by atoms with van der Waals surface area (Å²) < 4.78 is 18.6. The molecule has 4 aromatic rings. The van der Waals surface area contributed by atoms with Gasteiger partial charge in [-0.05, 0) is 73.9 Å². The van der Waals surface area contributed by atoms with Gasteiger partial charge in [-0.1, -0.05) is 31.2 Å². The van der Waals surface area contributed by atoms with E-state index in [1.165, 1.54) is 0 Å². The Morgan fingerprint density at radius 2 is 1.59 bits per heavy atom. The summed E-state index contributed by atoms with van der Waals surface area (Å²) in [5.41, 5.74) is 3.63. The van der Waals surface area contributed by atoms with E-state index in [1.807, 2.05) is 80.6 Å². The molecule has 0 fully saturated rings. The smallest absolute Gasteiger partial charge is 0.259 e. The van der Waals surface area contributed by atoms with Gasteiger partial charge < -0.3 is 14.2 Å². The number of benzene rings is 3. The number of anilines is 2. The Morgan fingerprint density at radius 3 is 2.28 bits per heavy atom. The number of hydrogen-bond acceptors (Lipinski definition) is 7. The highest BCUT2D eigenvalue weighted by Crippen LogP contribution is 2.31. The number of ether oxygens (including phenoxy) is 3. The maximum absolute atomic E-state index is 13.5. The highest BCUT2D eigenvalue weighted by atomic mass is 16.5. The largest absolute Gasteiger partial charge is 0.493 e. The fourth-order valence-electron chi connectivity index (χ4n) is 4.92. The lowest BCUT2D eigenvalue weighted by Crippen LogP contribution is -2.48. The van der Waals surface area contributed by atoms with Crippen LogP contribution < -0.4 is 24.7 Å². The van der Waals surface area contributed by atoms with Crippen molar-refractivity contribution in [3.63, 3.8) is 0 Å². The third-order valence-electron chi connectivity index (χ3n) is 7.02. The molecule has 0 aliphatic carbocycles. The van der Waals surface area contributed by atoms with Crippen molar-refractivity contribution in [2.75, 3.05) is 32.3 Å². The van der Waals surface area contributed by atoms with E-state index in [0.717, 1.165) is 47.0 Å². The molecule has 202 valence electrons. The van der Waals surface area contributed by atoms with Gasteiger partial charge in [-0.3, -0.25) is 19.2 Å². The topological polar surface area (TPSA) is 69.1 Å². The van der Waals surface area contributed by atoms with Crippen molar-refractivity contribution in [2.45, 2.75) is 33.4 Å². The molecule has 1 aliphatic heterocycles. The SMILES string of the molecule is CCc1c(C)nc2n(c1=O)CN(CCc1ccc(OC)c(OC)c1)CN2c1ccc(Oc2ccccc2)cc1. The predicted octanol–water partition coefficient (Wildman–Crippen LogP) is 5.54. The number of aromatic nitrogens is 2. The van der Waals surface area contributed by atoms with E-state index in [9.17, 15) is 4.79 Å². The molecule has 0 N–H and O–H groups in total. The summed E-state index contributed by atoms with van der Waals surface area (Å²) in [6, 6.07) is 23.6. The molecule has 8 heteroatoms. The van der Waals surface area contributed by atoms with Crippen LogP contribution in [0, 0.1) is 6.92 Å². The maximum Gasteiger partial charge on any atom is 0.259 e. The van der Waals surface area contributed by atoms with Crippen molar-refractivity contribution in [1.82, 2.24) is 14.5 Å². The van der Waals surface area contributed by atoms with Gasteiger partial charge in [-0.15, -0.1) is 0 Å². The summed E-state index contributed by atoms with van der Waals surface area (Å²) in [4.78, 5) is 22.7. The molecule has 0 radical (unpaired) electrons. The first kappa shape index (κ1) is 26.3. The van der Waals surface area contributed by atoms with Crippen molar-refractivity contribution in [2.24, 2.45) is 0 Å². The molecule has 0 atom stereocenters. The molecule has 8 nitrogen and oxygen atoms in total. The molecule has 3 aromatic carbocycles. The van der Waals surface area contributed by atoms with Crippen molar-refractivity contribution in [3.8, 4) is 23.0 Å². The molecule has 0 spiro atoms. The second kappa shape index (κ2) is 11.6. The Labute approximate surface area is 229 Å². The van der Waals surface area contributed by atoms with Crippen LogP contribution in [-0.2, 0) is 19.5 Å². The lowest BCUT2D eigenvalue weighted by atomic mass is 10.1. The zero-order valence-electron chi connectivity index (χ0n) is 22.9. The quantitative estimate of drug-likeness (QED) is 0.284. The van der Waals surface area contributed by atoms with E-state index in [4.69, 9.17) is 19.2 Å². The van der Waals surface area contributed by atoms with Gasteiger partial charge in [0.15, 0.2) is 11.5 Å². The Kier molecular flexibility index (Phi) is 7.84. The molecule has 39 heavy (non-hydrogen) atoms. The minimum Gasteiger partial charge on any atom is -0.493 e. The summed E-state index contributed by atoms with van der Waals surface area (Å²) in [5, 5.41) is 0. The number of rotatable bonds is 9. The number of para-hydroxylation sites is 1. The average molecular weight is 527 g/mol. The highest BCUT2D eigenvalue weighted by Gasteiger charge is 2.27. The van der Waals surface area contributed by atoms with Crippen molar-refractivity contribution < 1.29 is 14.2 Å². The van der Waals surface area contributed by atoms with Crippen LogP contribution in [0.5, 0.6) is 23.0 Å². The Morgan fingerprint density at radius 1 is 0.872 bits per heavy atom. The van der Waals surface area contributed by atoms with Crippen LogP contribution in [0.4, 0.5) is 11.6 Å². The molecular weight excluding hydrogens is 492 g/mol. The fraction of sp³-hybridized carbons (Fsp3) is 0.290. The highest BCUT2D eigenvalue weighted by molar-refractivity contribution is 5.59. The van der Waals surface area contributed by atoms with Crippen LogP contribution in [0.1, 0.15) is 23.7 Å². The molecule has 1 aromatic heterocycles. The summed E-state index contributed by atoms with van der Waals surface area (Å²) >= 11 is 0. The summed E-state index contributed by atoms with van der Waals surface area (Å²) in [5.74, 6) is 3.61. The first-order valence-electron chi connectivity index (χ1n) is 13.1. The lowest BCUT2D eigenvalue weighted by molar-refractivity contribution is 0.200. The molecule has 2 heterocycles. The van der Waals surface area contributed by atoms with Crippen molar-refractivity contribution in [3.05, 3.63) is 100.0 Å². The van der Waals surface area contributed by atoms with E-state index in [-0.39, 0.29) is 5.56 Å². The molecule has 0 amide bonds. The zero-order chi connectivity index (χ0) is 27.4. The minimum absolute atomic E-state index is 0.0184. The number of hydrogen-bond donors (Lipinski definition) is 0. The normalized spacial score (nSPS) is 13.2. The van der Waals surface area contributed by atoms with E-state index in [0.29, 0.717) is 37.2 Å². The van der Waals surface area contributed by atoms with Gasteiger partial charge in [0.25, 0.3) is 5.56 Å². The maximum atomic E-state index is 13.5. The molecule has 0 saturated heterocycles. The van der Waals surface area contributed by atoms with E-state index in [1.54, 1.807) is 18.8 Å². The molecule has 0 saturated carbocycles. The van der Waals surface area contributed by atoms with Crippen LogP contribution in [0.2, 0.25) is 0 Å². The molecular formula is C31H34N4O4. The Balaban J connectivity index is 1.42. The second-order valence-corrected chi connectivity index (χ2v) is 9.52. The third-order valence-corrected chi connectivity index (χ3v) is 7.02. The zero-order valence-corrected chi connectivity index (χ0v) is 22.9.